The van der Waals surface area contributed by atoms with E-state index in [2.05, 4.69) is 20.5 Å². The standard InChI is InChI=1S/C10H10N4O3S/c1-5-11-8(14-13-5)9(15)12-7(10(16)17)6-3-2-4-18-6/h2-4,7H,1H3,(H,12,15)(H,16,17)(H,11,13,14). The molecule has 0 saturated carbocycles. The number of aromatic amines is 1. The van der Waals surface area contributed by atoms with Gasteiger partial charge in [0.2, 0.25) is 5.82 Å². The van der Waals surface area contributed by atoms with Crippen LogP contribution in [0.15, 0.2) is 17.5 Å². The molecule has 2 aromatic rings. The van der Waals surface area contributed by atoms with E-state index in [9.17, 15) is 9.59 Å². The Balaban J connectivity index is 2.15. The monoisotopic (exact) mass is 266 g/mol. The molecule has 0 bridgehead atoms. The molecule has 2 rings (SSSR count). The molecule has 1 atom stereocenters. The summed E-state index contributed by atoms with van der Waals surface area (Å²) in [5, 5.41) is 19.4. The van der Waals surface area contributed by atoms with E-state index >= 15 is 0 Å². The minimum Gasteiger partial charge on any atom is -0.479 e. The number of aryl methyl sites for hydroxylation is 1. The number of rotatable bonds is 4. The molecular formula is C10H10N4O3S. The van der Waals surface area contributed by atoms with Gasteiger partial charge in [-0.25, -0.2) is 9.78 Å². The van der Waals surface area contributed by atoms with Crippen molar-refractivity contribution in [1.29, 1.82) is 0 Å². The molecule has 0 aliphatic heterocycles. The van der Waals surface area contributed by atoms with Crippen LogP contribution in [0.4, 0.5) is 0 Å². The van der Waals surface area contributed by atoms with Gasteiger partial charge < -0.3 is 10.4 Å². The van der Waals surface area contributed by atoms with E-state index in [1.54, 1.807) is 24.4 Å². The summed E-state index contributed by atoms with van der Waals surface area (Å²) < 4.78 is 0. The topological polar surface area (TPSA) is 108 Å². The van der Waals surface area contributed by atoms with Crippen LogP contribution in [-0.4, -0.2) is 32.2 Å². The SMILES string of the molecule is Cc1nc(C(=O)NC(C(=O)O)c2cccs2)n[nH]1. The van der Waals surface area contributed by atoms with Crippen molar-refractivity contribution in [2.45, 2.75) is 13.0 Å². The lowest BCUT2D eigenvalue weighted by Gasteiger charge is -2.11. The largest absolute Gasteiger partial charge is 0.479 e. The van der Waals surface area contributed by atoms with Crippen molar-refractivity contribution < 1.29 is 14.7 Å². The molecule has 0 fully saturated rings. The first-order valence-electron chi connectivity index (χ1n) is 5.04. The Morgan fingerprint density at radius 3 is 2.83 bits per heavy atom. The summed E-state index contributed by atoms with van der Waals surface area (Å²) in [5.41, 5.74) is 0. The maximum absolute atomic E-state index is 11.8. The van der Waals surface area contributed by atoms with Crippen LogP contribution in [0.3, 0.4) is 0 Å². The maximum Gasteiger partial charge on any atom is 0.331 e. The molecular weight excluding hydrogens is 256 g/mol. The van der Waals surface area contributed by atoms with E-state index < -0.39 is 17.9 Å². The van der Waals surface area contributed by atoms with Crippen LogP contribution in [0, 0.1) is 6.92 Å². The summed E-state index contributed by atoms with van der Waals surface area (Å²) in [5.74, 6) is -1.34. The van der Waals surface area contributed by atoms with Crippen LogP contribution in [0.25, 0.3) is 0 Å². The fourth-order valence-corrected chi connectivity index (χ4v) is 2.12. The van der Waals surface area contributed by atoms with Crippen molar-refractivity contribution in [3.63, 3.8) is 0 Å². The highest BCUT2D eigenvalue weighted by Crippen LogP contribution is 2.19. The lowest BCUT2D eigenvalue weighted by atomic mass is 10.2. The molecule has 1 unspecified atom stereocenters. The molecule has 3 N–H and O–H groups in total. The van der Waals surface area contributed by atoms with Crippen LogP contribution in [0.1, 0.15) is 27.4 Å². The van der Waals surface area contributed by atoms with E-state index in [0.29, 0.717) is 10.7 Å². The Hall–Kier alpha value is -2.22. The summed E-state index contributed by atoms with van der Waals surface area (Å²) in [6.07, 6.45) is 0. The number of carbonyl (C=O) groups is 2. The van der Waals surface area contributed by atoms with Gasteiger partial charge in [-0.1, -0.05) is 6.07 Å². The van der Waals surface area contributed by atoms with Gasteiger partial charge >= 0.3 is 5.97 Å². The van der Waals surface area contributed by atoms with E-state index in [1.807, 2.05) is 0 Å². The fraction of sp³-hybridized carbons (Fsp3) is 0.200. The van der Waals surface area contributed by atoms with Crippen molar-refractivity contribution in [2.75, 3.05) is 0 Å². The molecule has 0 saturated heterocycles. The number of thiophene rings is 1. The number of H-pyrrole nitrogens is 1. The number of amides is 1. The highest BCUT2D eigenvalue weighted by atomic mass is 32.1. The molecule has 7 nitrogen and oxygen atoms in total. The number of hydrogen-bond donors (Lipinski definition) is 3. The summed E-state index contributed by atoms with van der Waals surface area (Å²) in [7, 11) is 0. The van der Waals surface area contributed by atoms with Gasteiger partial charge in [-0.05, 0) is 18.4 Å². The first kappa shape index (κ1) is 12.2. The highest BCUT2D eigenvalue weighted by Gasteiger charge is 2.25. The number of carbonyl (C=O) groups excluding carboxylic acids is 1. The maximum atomic E-state index is 11.8. The third-order valence-corrected chi connectivity index (χ3v) is 3.09. The van der Waals surface area contributed by atoms with Gasteiger partial charge in [-0.15, -0.1) is 16.4 Å². The molecule has 94 valence electrons. The molecule has 0 aliphatic carbocycles. The minimum absolute atomic E-state index is 0.0738. The zero-order chi connectivity index (χ0) is 13.1. The van der Waals surface area contributed by atoms with Gasteiger partial charge in [0.15, 0.2) is 6.04 Å². The molecule has 2 heterocycles. The van der Waals surface area contributed by atoms with Crippen molar-refractivity contribution in [3.8, 4) is 0 Å². The van der Waals surface area contributed by atoms with Gasteiger partial charge in [-0.2, -0.15) is 0 Å². The zero-order valence-electron chi connectivity index (χ0n) is 9.38. The normalized spacial score (nSPS) is 12.1. The van der Waals surface area contributed by atoms with Gasteiger partial charge in [0.25, 0.3) is 5.91 Å². The number of nitrogens with one attached hydrogen (secondary N) is 2. The summed E-state index contributed by atoms with van der Waals surface area (Å²) in [6.45, 7) is 1.65. The number of aliphatic carboxylic acids is 1. The Bertz CT molecular complexity index is 563. The predicted octanol–water partition coefficient (Wildman–Crippen LogP) is 0.730. The van der Waals surface area contributed by atoms with Gasteiger partial charge in [0.1, 0.15) is 5.82 Å². The molecule has 0 spiro atoms. The number of aromatic nitrogens is 3. The number of nitrogens with zero attached hydrogens (tertiary/aromatic N) is 2. The fourth-order valence-electron chi connectivity index (χ4n) is 1.35. The average Bonchev–Trinajstić information content (AvgIpc) is 2.95. The molecule has 0 aliphatic rings. The lowest BCUT2D eigenvalue weighted by molar-refractivity contribution is -0.139. The minimum atomic E-state index is -1.13. The van der Waals surface area contributed by atoms with Gasteiger partial charge in [0, 0.05) is 4.88 Å². The van der Waals surface area contributed by atoms with Crippen LogP contribution >= 0.6 is 11.3 Å². The predicted molar refractivity (Wildman–Crippen MR) is 63.3 cm³/mol. The van der Waals surface area contributed by atoms with Crippen LogP contribution in [0.5, 0.6) is 0 Å². The molecule has 2 aromatic heterocycles. The van der Waals surface area contributed by atoms with Gasteiger partial charge in [0.05, 0.1) is 0 Å². The van der Waals surface area contributed by atoms with Crippen molar-refractivity contribution in [3.05, 3.63) is 34.0 Å². The van der Waals surface area contributed by atoms with Crippen LogP contribution in [-0.2, 0) is 4.79 Å². The Labute approximate surface area is 106 Å². The van der Waals surface area contributed by atoms with E-state index in [1.165, 1.54) is 11.3 Å². The number of hydrogen-bond acceptors (Lipinski definition) is 5. The second-order valence-corrected chi connectivity index (χ2v) is 4.48. The van der Waals surface area contributed by atoms with E-state index in [0.717, 1.165) is 0 Å². The highest BCUT2D eigenvalue weighted by molar-refractivity contribution is 7.10. The van der Waals surface area contributed by atoms with Crippen molar-refractivity contribution in [2.24, 2.45) is 0 Å². The van der Waals surface area contributed by atoms with Gasteiger partial charge in [-0.3, -0.25) is 9.89 Å². The smallest absolute Gasteiger partial charge is 0.331 e. The lowest BCUT2D eigenvalue weighted by Crippen LogP contribution is -2.33. The average molecular weight is 266 g/mol. The first-order valence-corrected chi connectivity index (χ1v) is 5.92. The Morgan fingerprint density at radius 1 is 1.56 bits per heavy atom. The number of carboxylic acids is 1. The second-order valence-electron chi connectivity index (χ2n) is 3.50. The summed E-state index contributed by atoms with van der Waals surface area (Å²) in [4.78, 5) is 27.2. The third kappa shape index (κ3) is 2.54. The van der Waals surface area contributed by atoms with Crippen LogP contribution < -0.4 is 5.32 Å². The van der Waals surface area contributed by atoms with Crippen LogP contribution in [0.2, 0.25) is 0 Å². The molecule has 1 amide bonds. The third-order valence-electron chi connectivity index (χ3n) is 2.15. The quantitative estimate of drug-likeness (QED) is 0.756. The second kappa shape index (κ2) is 4.96. The molecule has 18 heavy (non-hydrogen) atoms. The summed E-state index contributed by atoms with van der Waals surface area (Å²) >= 11 is 1.26. The summed E-state index contributed by atoms with van der Waals surface area (Å²) in [6, 6.07) is 2.28. The van der Waals surface area contributed by atoms with E-state index in [4.69, 9.17) is 5.11 Å². The molecule has 0 aromatic carbocycles. The molecule has 8 heteroatoms. The van der Waals surface area contributed by atoms with Crippen molar-refractivity contribution in [1.82, 2.24) is 20.5 Å². The zero-order valence-corrected chi connectivity index (χ0v) is 10.2. The van der Waals surface area contributed by atoms with Crippen molar-refractivity contribution >= 4 is 23.2 Å². The first-order chi connectivity index (χ1) is 8.58. The van der Waals surface area contributed by atoms with E-state index in [-0.39, 0.29) is 5.82 Å². The number of carboxylic acid groups (broad SMARTS) is 1. The molecule has 0 radical (unpaired) electrons. The Kier molecular flexibility index (Phi) is 3.38. The Morgan fingerprint density at radius 2 is 2.33 bits per heavy atom.